The normalized spacial score (nSPS) is 15.3. The maximum Gasteiger partial charge on any atom is 0.255 e. The second-order valence-electron chi connectivity index (χ2n) is 7.52. The molecule has 0 aliphatic carbocycles. The van der Waals surface area contributed by atoms with E-state index in [1.807, 2.05) is 31.2 Å². The summed E-state index contributed by atoms with van der Waals surface area (Å²) in [5.41, 5.74) is 3.41. The molecule has 0 saturated carbocycles. The van der Waals surface area contributed by atoms with Crippen LogP contribution < -0.4 is 14.9 Å². The maximum absolute atomic E-state index is 13.0. The zero-order valence-electron chi connectivity index (χ0n) is 18.0. The predicted molar refractivity (Wildman–Crippen MR) is 121 cm³/mol. The first-order chi connectivity index (χ1) is 14.3. The monoisotopic (exact) mass is 430 g/mol. The van der Waals surface area contributed by atoms with Crippen molar-refractivity contribution in [1.29, 1.82) is 0 Å². The van der Waals surface area contributed by atoms with Gasteiger partial charge < -0.3 is 15.1 Å². The molecular formula is C22H30N4O3S. The summed E-state index contributed by atoms with van der Waals surface area (Å²) in [6.07, 6.45) is 0. The average molecular weight is 431 g/mol. The minimum atomic E-state index is -3.66. The van der Waals surface area contributed by atoms with Gasteiger partial charge in [-0.1, -0.05) is 19.1 Å². The summed E-state index contributed by atoms with van der Waals surface area (Å²) < 4.78 is 27.1. The summed E-state index contributed by atoms with van der Waals surface area (Å²) >= 11 is 0. The van der Waals surface area contributed by atoms with Gasteiger partial charge >= 0.3 is 0 Å². The van der Waals surface area contributed by atoms with Gasteiger partial charge in [-0.25, -0.2) is 13.1 Å². The van der Waals surface area contributed by atoms with E-state index in [1.165, 1.54) is 13.1 Å². The van der Waals surface area contributed by atoms with Crippen molar-refractivity contribution in [1.82, 2.24) is 9.62 Å². The summed E-state index contributed by atoms with van der Waals surface area (Å²) in [7, 11) is -2.29. The molecule has 3 rings (SSSR count). The quantitative estimate of drug-likeness (QED) is 0.736. The Morgan fingerprint density at radius 2 is 1.73 bits per heavy atom. The number of aryl methyl sites for hydroxylation is 1. The maximum atomic E-state index is 13.0. The zero-order valence-corrected chi connectivity index (χ0v) is 18.8. The Labute approximate surface area is 179 Å². The highest BCUT2D eigenvalue weighted by atomic mass is 32.2. The average Bonchev–Trinajstić information content (AvgIpc) is 2.75. The molecule has 0 unspecified atom stereocenters. The summed E-state index contributed by atoms with van der Waals surface area (Å²) in [6.45, 7) is 10.5. The number of sulfonamides is 1. The highest BCUT2D eigenvalue weighted by Gasteiger charge is 2.22. The highest BCUT2D eigenvalue weighted by Crippen LogP contribution is 2.28. The number of rotatable bonds is 6. The van der Waals surface area contributed by atoms with Crippen LogP contribution in [0.1, 0.15) is 28.4 Å². The fourth-order valence-electron chi connectivity index (χ4n) is 3.70. The van der Waals surface area contributed by atoms with Crippen molar-refractivity contribution in [2.75, 3.05) is 50.0 Å². The fraction of sp³-hybridized carbons (Fsp3) is 0.409. The highest BCUT2D eigenvalue weighted by molar-refractivity contribution is 7.89. The topological polar surface area (TPSA) is 81.8 Å². The molecule has 0 atom stereocenters. The van der Waals surface area contributed by atoms with Crippen LogP contribution in [-0.2, 0) is 10.0 Å². The zero-order chi connectivity index (χ0) is 21.9. The Hall–Kier alpha value is -2.42. The standard InChI is InChI=1S/C22H30N4O3S/c1-5-25-10-12-26(13-11-25)20-9-7-6-8-19(20)24-22(27)18-14-16(2)17(3)21(15-18)30(28,29)23-4/h6-9,14-15,23H,5,10-13H2,1-4H3,(H,24,27). The summed E-state index contributed by atoms with van der Waals surface area (Å²) in [6, 6.07) is 10.9. The number of piperazine rings is 1. The molecule has 1 aliphatic heterocycles. The smallest absolute Gasteiger partial charge is 0.255 e. The van der Waals surface area contributed by atoms with Crippen molar-refractivity contribution in [2.24, 2.45) is 0 Å². The van der Waals surface area contributed by atoms with Crippen molar-refractivity contribution >= 4 is 27.3 Å². The molecule has 30 heavy (non-hydrogen) atoms. The van der Waals surface area contributed by atoms with Crippen molar-refractivity contribution in [3.8, 4) is 0 Å². The van der Waals surface area contributed by atoms with E-state index in [4.69, 9.17) is 0 Å². The van der Waals surface area contributed by atoms with Crippen molar-refractivity contribution in [3.63, 3.8) is 0 Å². The van der Waals surface area contributed by atoms with Crippen molar-refractivity contribution in [3.05, 3.63) is 53.1 Å². The van der Waals surface area contributed by atoms with Gasteiger partial charge in [-0.15, -0.1) is 0 Å². The molecule has 0 aromatic heterocycles. The first-order valence-corrected chi connectivity index (χ1v) is 11.7. The number of hydrogen-bond acceptors (Lipinski definition) is 5. The third-order valence-electron chi connectivity index (χ3n) is 5.75. The molecule has 0 bridgehead atoms. The van der Waals surface area contributed by atoms with E-state index >= 15 is 0 Å². The molecule has 8 heteroatoms. The number of nitrogens with one attached hydrogen (secondary N) is 2. The number of amides is 1. The second-order valence-corrected chi connectivity index (χ2v) is 9.37. The lowest BCUT2D eigenvalue weighted by Crippen LogP contribution is -2.46. The van der Waals surface area contributed by atoms with E-state index < -0.39 is 10.0 Å². The minimum absolute atomic E-state index is 0.124. The number of benzene rings is 2. The van der Waals surface area contributed by atoms with E-state index in [2.05, 4.69) is 26.8 Å². The van der Waals surface area contributed by atoms with Gasteiger partial charge in [-0.3, -0.25) is 4.79 Å². The minimum Gasteiger partial charge on any atom is -0.367 e. The second kappa shape index (κ2) is 9.16. The van der Waals surface area contributed by atoms with Crippen molar-refractivity contribution < 1.29 is 13.2 Å². The van der Waals surface area contributed by atoms with Gasteiger partial charge in [-0.2, -0.15) is 0 Å². The van der Waals surface area contributed by atoms with E-state index in [-0.39, 0.29) is 10.8 Å². The molecular weight excluding hydrogens is 400 g/mol. The van der Waals surface area contributed by atoms with E-state index in [9.17, 15) is 13.2 Å². The Bertz CT molecular complexity index is 1030. The number of para-hydroxylation sites is 2. The van der Waals surface area contributed by atoms with Crippen molar-refractivity contribution in [2.45, 2.75) is 25.7 Å². The van der Waals surface area contributed by atoms with E-state index in [0.29, 0.717) is 11.1 Å². The number of nitrogens with zero attached hydrogens (tertiary/aromatic N) is 2. The summed E-state index contributed by atoms with van der Waals surface area (Å²) in [4.78, 5) is 17.8. The van der Waals surface area contributed by atoms with Gasteiger partial charge in [0.1, 0.15) is 0 Å². The Morgan fingerprint density at radius 3 is 2.37 bits per heavy atom. The van der Waals surface area contributed by atoms with Gasteiger partial charge in [-0.05, 0) is 62.8 Å². The van der Waals surface area contributed by atoms with Crippen LogP contribution in [0.3, 0.4) is 0 Å². The first kappa shape index (κ1) is 22.3. The van der Waals surface area contributed by atoms with Crippen LogP contribution in [0.15, 0.2) is 41.3 Å². The van der Waals surface area contributed by atoms with Gasteiger partial charge in [0.15, 0.2) is 0 Å². The molecule has 1 saturated heterocycles. The molecule has 1 amide bonds. The SMILES string of the molecule is CCN1CCN(c2ccccc2NC(=O)c2cc(C)c(C)c(S(=O)(=O)NC)c2)CC1. The third-order valence-corrected chi connectivity index (χ3v) is 7.29. The molecule has 2 N–H and O–H groups in total. The van der Waals surface area contributed by atoms with Gasteiger partial charge in [0.05, 0.1) is 16.3 Å². The largest absolute Gasteiger partial charge is 0.367 e. The van der Waals surface area contributed by atoms with E-state index in [1.54, 1.807) is 13.0 Å². The van der Waals surface area contributed by atoms with Crippen LogP contribution in [0, 0.1) is 13.8 Å². The summed E-state index contributed by atoms with van der Waals surface area (Å²) in [5, 5.41) is 2.98. The molecule has 0 spiro atoms. The van der Waals surface area contributed by atoms with Crippen LogP contribution in [-0.4, -0.2) is 59.0 Å². The van der Waals surface area contributed by atoms with Gasteiger partial charge in [0.2, 0.25) is 10.0 Å². The number of carbonyl (C=O) groups excluding carboxylic acids is 1. The van der Waals surface area contributed by atoms with Crippen LogP contribution in [0.25, 0.3) is 0 Å². The molecule has 1 fully saturated rings. The molecule has 2 aromatic rings. The fourth-order valence-corrected chi connectivity index (χ4v) is 4.77. The number of anilines is 2. The van der Waals surface area contributed by atoms with Crippen LogP contribution >= 0.6 is 0 Å². The first-order valence-electron chi connectivity index (χ1n) is 10.2. The number of carbonyl (C=O) groups is 1. The molecule has 162 valence electrons. The third kappa shape index (κ3) is 4.66. The molecule has 1 aliphatic rings. The molecule has 0 radical (unpaired) electrons. The molecule has 1 heterocycles. The Kier molecular flexibility index (Phi) is 6.80. The lowest BCUT2D eigenvalue weighted by molar-refractivity contribution is 0.102. The predicted octanol–water partition coefficient (Wildman–Crippen LogP) is 2.61. The van der Waals surface area contributed by atoms with Gasteiger partial charge in [0, 0.05) is 31.7 Å². The Balaban J connectivity index is 1.87. The lowest BCUT2D eigenvalue weighted by atomic mass is 10.1. The lowest BCUT2D eigenvalue weighted by Gasteiger charge is -2.36. The number of hydrogen-bond donors (Lipinski definition) is 2. The van der Waals surface area contributed by atoms with Gasteiger partial charge in [0.25, 0.3) is 5.91 Å². The molecule has 7 nitrogen and oxygen atoms in total. The van der Waals surface area contributed by atoms with Crippen LogP contribution in [0.4, 0.5) is 11.4 Å². The van der Waals surface area contributed by atoms with E-state index in [0.717, 1.165) is 49.7 Å². The molecule has 2 aromatic carbocycles. The van der Waals surface area contributed by atoms with Crippen LogP contribution in [0.5, 0.6) is 0 Å². The summed E-state index contributed by atoms with van der Waals surface area (Å²) in [5.74, 6) is -0.328. The van der Waals surface area contributed by atoms with Crippen LogP contribution in [0.2, 0.25) is 0 Å². The number of likely N-dealkylation sites (N-methyl/N-ethyl adjacent to an activating group) is 1. The Morgan fingerprint density at radius 1 is 1.07 bits per heavy atom.